The van der Waals surface area contributed by atoms with E-state index in [1.54, 1.807) is 23.1 Å². The summed E-state index contributed by atoms with van der Waals surface area (Å²) in [4.78, 5) is 43.1. The first-order valence-corrected chi connectivity index (χ1v) is 18.2. The SMILES string of the molecule is CC1(C)C[C@@H]1C(=O)N1CC2(CN(C(=O)c3cnn(Cc4ccc(F)cc4OC(F)F)c3)C[C@H]2COCc2cccc(C3CCC(F)(F)CC3)c2C(=O)O)C1. The molecule has 1 N–H and O–H groups in total. The molecule has 2 atom stereocenters. The number of carbonyl (C=O) groups excluding carboxylic acids is 2. The molecule has 4 fully saturated rings. The lowest BCUT2D eigenvalue weighted by Crippen LogP contribution is -2.63. The molecule has 10 nitrogen and oxygen atoms in total. The minimum atomic E-state index is -3.16. The van der Waals surface area contributed by atoms with Crippen LogP contribution >= 0.6 is 0 Å². The van der Waals surface area contributed by atoms with Gasteiger partial charge in [-0.1, -0.05) is 38.1 Å². The summed E-state index contributed by atoms with van der Waals surface area (Å²) >= 11 is 0. The Morgan fingerprint density at radius 1 is 1.02 bits per heavy atom. The van der Waals surface area contributed by atoms with Gasteiger partial charge in [0.2, 0.25) is 11.8 Å². The fourth-order valence-electron chi connectivity index (χ4n) is 8.54. The fourth-order valence-corrected chi connectivity index (χ4v) is 8.54. The number of alkyl halides is 4. The average molecular weight is 759 g/mol. The number of benzene rings is 2. The van der Waals surface area contributed by atoms with E-state index < -0.39 is 29.7 Å². The van der Waals surface area contributed by atoms with Crippen LogP contribution in [0, 0.1) is 28.5 Å². The second-order valence-electron chi connectivity index (χ2n) is 16.1. The lowest BCUT2D eigenvalue weighted by atomic mass is 9.71. The molecule has 2 aliphatic carbocycles. The van der Waals surface area contributed by atoms with Crippen molar-refractivity contribution in [3.8, 4) is 5.75 Å². The Morgan fingerprint density at radius 2 is 1.72 bits per heavy atom. The van der Waals surface area contributed by atoms with Gasteiger partial charge in [0.1, 0.15) is 11.6 Å². The smallest absolute Gasteiger partial charge is 0.387 e. The van der Waals surface area contributed by atoms with Gasteiger partial charge < -0.3 is 24.4 Å². The second-order valence-corrected chi connectivity index (χ2v) is 16.1. The molecule has 1 spiro atoms. The van der Waals surface area contributed by atoms with Crippen LogP contribution in [0.2, 0.25) is 0 Å². The molecule has 2 saturated carbocycles. The standard InChI is InChI=1S/C39H43F5N4O6/c1-37(2)13-30(37)34(50)47-21-38(22-47)20-46(33(49)26-14-45-48(16-26)15-24-6-7-28(40)12-31(24)54-36(41)42)17-27(38)19-53-18-25-4-3-5-29(32(25)35(51)52)23-8-10-39(43,44)11-9-23/h3-7,12,14,16,23,27,30,36H,8-11,13,15,17-22H2,1-2H3,(H,51,52)/t27-,30+/m0/s1. The Bertz CT molecular complexity index is 1920. The van der Waals surface area contributed by atoms with Gasteiger partial charge in [0.25, 0.3) is 5.91 Å². The van der Waals surface area contributed by atoms with Crippen LogP contribution in [0.15, 0.2) is 48.8 Å². The Balaban J connectivity index is 1.05. The number of halogens is 5. The number of nitrogens with zero attached hydrogens (tertiary/aromatic N) is 4. The van der Waals surface area contributed by atoms with Crippen molar-refractivity contribution in [2.75, 3.05) is 32.8 Å². The number of amides is 2. The van der Waals surface area contributed by atoms with Gasteiger partial charge in [-0.2, -0.15) is 13.9 Å². The lowest BCUT2D eigenvalue weighted by molar-refractivity contribution is -0.148. The van der Waals surface area contributed by atoms with Crippen molar-refractivity contribution in [2.24, 2.45) is 22.7 Å². The van der Waals surface area contributed by atoms with Crippen molar-refractivity contribution >= 4 is 17.8 Å². The molecule has 0 unspecified atom stereocenters. The molecule has 3 heterocycles. The van der Waals surface area contributed by atoms with E-state index in [-0.39, 0.29) is 103 Å². The number of rotatable bonds is 12. The first-order chi connectivity index (χ1) is 25.5. The molecule has 2 saturated heterocycles. The van der Waals surface area contributed by atoms with Gasteiger partial charge in [0, 0.05) is 74.1 Å². The van der Waals surface area contributed by atoms with Gasteiger partial charge in [0.05, 0.1) is 37.1 Å². The first kappa shape index (κ1) is 37.8. The third kappa shape index (κ3) is 7.69. The number of carbonyl (C=O) groups is 3. The van der Waals surface area contributed by atoms with Crippen molar-refractivity contribution in [3.63, 3.8) is 0 Å². The normalized spacial score (nSPS) is 22.7. The zero-order valence-corrected chi connectivity index (χ0v) is 30.1. The molecular weight excluding hydrogens is 715 g/mol. The third-order valence-corrected chi connectivity index (χ3v) is 11.8. The molecule has 2 aliphatic heterocycles. The Morgan fingerprint density at radius 3 is 2.39 bits per heavy atom. The zero-order valence-electron chi connectivity index (χ0n) is 30.1. The van der Waals surface area contributed by atoms with Crippen LogP contribution in [0.3, 0.4) is 0 Å². The summed E-state index contributed by atoms with van der Waals surface area (Å²) in [6.07, 6.45) is 3.47. The summed E-state index contributed by atoms with van der Waals surface area (Å²) in [5, 5.41) is 14.4. The minimum absolute atomic E-state index is 0.0365. The molecular formula is C39H43F5N4O6. The summed E-state index contributed by atoms with van der Waals surface area (Å²) in [6, 6.07) is 8.37. The highest BCUT2D eigenvalue weighted by molar-refractivity contribution is 5.94. The molecule has 4 aliphatic rings. The topological polar surface area (TPSA) is 114 Å². The number of aromatic nitrogens is 2. The summed E-state index contributed by atoms with van der Waals surface area (Å²) < 4.78 is 79.5. The van der Waals surface area contributed by atoms with Crippen LogP contribution < -0.4 is 4.74 Å². The number of hydrogen-bond acceptors (Lipinski definition) is 6. The van der Waals surface area contributed by atoms with E-state index in [0.717, 1.165) is 18.6 Å². The molecule has 2 aromatic carbocycles. The van der Waals surface area contributed by atoms with Crippen LogP contribution in [-0.4, -0.2) is 87.8 Å². The van der Waals surface area contributed by atoms with Crippen LogP contribution in [-0.2, 0) is 22.7 Å². The molecule has 3 aromatic rings. The van der Waals surface area contributed by atoms with Gasteiger partial charge in [0.15, 0.2) is 0 Å². The maximum Gasteiger partial charge on any atom is 0.387 e. The lowest BCUT2D eigenvalue weighted by Gasteiger charge is -2.51. The van der Waals surface area contributed by atoms with Crippen LogP contribution in [0.5, 0.6) is 5.75 Å². The van der Waals surface area contributed by atoms with E-state index in [1.165, 1.54) is 23.1 Å². The largest absolute Gasteiger partial charge is 0.478 e. The average Bonchev–Trinajstić information content (AvgIpc) is 3.38. The summed E-state index contributed by atoms with van der Waals surface area (Å²) in [5.41, 5.74) is 1.03. The fraction of sp³-hybridized carbons (Fsp3) is 0.538. The van der Waals surface area contributed by atoms with E-state index in [9.17, 15) is 41.4 Å². The molecule has 7 rings (SSSR count). The number of hydrogen-bond donors (Lipinski definition) is 1. The maximum atomic E-state index is 13.9. The number of likely N-dealkylation sites (tertiary alicyclic amines) is 2. The molecule has 1 aromatic heterocycles. The van der Waals surface area contributed by atoms with Gasteiger partial charge in [-0.05, 0) is 47.8 Å². The van der Waals surface area contributed by atoms with Gasteiger partial charge in [-0.3, -0.25) is 14.3 Å². The van der Waals surface area contributed by atoms with Crippen molar-refractivity contribution in [3.05, 3.63) is 82.4 Å². The molecule has 0 bridgehead atoms. The van der Waals surface area contributed by atoms with E-state index in [2.05, 4.69) is 23.7 Å². The highest BCUT2D eigenvalue weighted by Gasteiger charge is 2.60. The highest BCUT2D eigenvalue weighted by Crippen LogP contribution is 2.55. The number of aromatic carboxylic acids is 1. The first-order valence-electron chi connectivity index (χ1n) is 18.2. The molecule has 15 heteroatoms. The Hall–Kier alpha value is -4.53. The van der Waals surface area contributed by atoms with E-state index >= 15 is 0 Å². The van der Waals surface area contributed by atoms with E-state index in [1.807, 2.05) is 4.90 Å². The van der Waals surface area contributed by atoms with Crippen LogP contribution in [0.25, 0.3) is 0 Å². The monoisotopic (exact) mass is 758 g/mol. The van der Waals surface area contributed by atoms with Crippen LogP contribution in [0.4, 0.5) is 22.0 Å². The van der Waals surface area contributed by atoms with E-state index in [4.69, 9.17) is 4.74 Å². The Labute approximate surface area is 309 Å². The van der Waals surface area contributed by atoms with Gasteiger partial charge >= 0.3 is 12.6 Å². The van der Waals surface area contributed by atoms with Gasteiger partial charge in [-0.15, -0.1) is 0 Å². The predicted octanol–water partition coefficient (Wildman–Crippen LogP) is 6.83. The molecule has 290 valence electrons. The highest BCUT2D eigenvalue weighted by atomic mass is 19.3. The third-order valence-electron chi connectivity index (χ3n) is 11.8. The molecule has 2 amide bonds. The van der Waals surface area contributed by atoms with E-state index in [0.29, 0.717) is 37.3 Å². The summed E-state index contributed by atoms with van der Waals surface area (Å²) in [5.74, 6) is -5.73. The Kier molecular flexibility index (Phi) is 9.99. The quantitative estimate of drug-likeness (QED) is 0.202. The maximum absolute atomic E-state index is 13.9. The summed E-state index contributed by atoms with van der Waals surface area (Å²) in [7, 11) is 0. The number of carboxylic acid groups (broad SMARTS) is 1. The number of ether oxygens (including phenoxy) is 2. The molecule has 0 radical (unpaired) electrons. The predicted molar refractivity (Wildman–Crippen MR) is 184 cm³/mol. The van der Waals surface area contributed by atoms with Gasteiger partial charge in [-0.25, -0.2) is 18.0 Å². The summed E-state index contributed by atoms with van der Waals surface area (Å²) in [6.45, 7) is 2.57. The van der Waals surface area contributed by atoms with Crippen LogP contribution in [0.1, 0.15) is 89.3 Å². The van der Waals surface area contributed by atoms with Crippen molar-refractivity contribution < 1.29 is 50.9 Å². The minimum Gasteiger partial charge on any atom is -0.478 e. The number of carboxylic acids is 1. The van der Waals surface area contributed by atoms with Crippen molar-refractivity contribution in [2.45, 2.75) is 77.6 Å². The van der Waals surface area contributed by atoms with Crippen molar-refractivity contribution in [1.82, 2.24) is 19.6 Å². The zero-order chi connectivity index (χ0) is 38.6. The van der Waals surface area contributed by atoms with Crippen molar-refractivity contribution in [1.29, 1.82) is 0 Å². The second kappa shape index (κ2) is 14.3. The molecule has 54 heavy (non-hydrogen) atoms.